The SMILES string of the molecule is C/C=C(\N)c1ccc2c(c1)C(NC)CCC2c1ccc(Cl)c(Cl)c1.CO. The quantitative estimate of drug-likeness (QED) is 0.679. The van der Waals surface area contributed by atoms with Crippen LogP contribution in [0.3, 0.4) is 0 Å². The first-order valence-electron chi connectivity index (χ1n) is 8.68. The summed E-state index contributed by atoms with van der Waals surface area (Å²) < 4.78 is 0. The molecular formula is C21H26Cl2N2O. The third kappa shape index (κ3) is 4.24. The zero-order valence-electron chi connectivity index (χ0n) is 15.4. The second kappa shape index (κ2) is 9.43. The molecule has 2 aromatic carbocycles. The number of hydrogen-bond donors (Lipinski definition) is 3. The predicted octanol–water partition coefficient (Wildman–Crippen LogP) is 5.11. The molecule has 3 nitrogen and oxygen atoms in total. The maximum absolute atomic E-state index is 7.00. The summed E-state index contributed by atoms with van der Waals surface area (Å²) in [7, 11) is 3.01. The van der Waals surface area contributed by atoms with E-state index in [1.54, 1.807) is 0 Å². The lowest BCUT2D eigenvalue weighted by Gasteiger charge is -2.32. The summed E-state index contributed by atoms with van der Waals surface area (Å²) in [6, 6.07) is 12.8. The summed E-state index contributed by atoms with van der Waals surface area (Å²) in [4.78, 5) is 0. The van der Waals surface area contributed by atoms with Crippen LogP contribution in [0.2, 0.25) is 10.0 Å². The van der Waals surface area contributed by atoms with Gasteiger partial charge in [0, 0.05) is 24.8 Å². The largest absolute Gasteiger partial charge is 0.400 e. The first-order valence-corrected chi connectivity index (χ1v) is 9.43. The maximum atomic E-state index is 7.00. The van der Waals surface area contributed by atoms with Crippen molar-refractivity contribution >= 4 is 28.9 Å². The third-order valence-electron chi connectivity index (χ3n) is 4.92. The van der Waals surface area contributed by atoms with Gasteiger partial charge in [0.15, 0.2) is 0 Å². The minimum absolute atomic E-state index is 0.334. The second-order valence-corrected chi connectivity index (χ2v) is 7.05. The molecule has 0 aromatic heterocycles. The molecule has 0 spiro atoms. The zero-order chi connectivity index (χ0) is 19.3. The molecule has 0 radical (unpaired) electrons. The van der Waals surface area contributed by atoms with Gasteiger partial charge in [-0.1, -0.05) is 47.5 Å². The number of nitrogens with one attached hydrogen (secondary N) is 1. The number of rotatable bonds is 3. The fourth-order valence-corrected chi connectivity index (χ4v) is 3.87. The number of aliphatic hydroxyl groups excluding tert-OH is 1. The number of hydrogen-bond acceptors (Lipinski definition) is 3. The van der Waals surface area contributed by atoms with E-state index in [0.717, 1.165) is 31.2 Å². The molecule has 3 rings (SSSR count). The summed E-state index contributed by atoms with van der Waals surface area (Å²) >= 11 is 12.3. The minimum atomic E-state index is 0.334. The van der Waals surface area contributed by atoms with Crippen LogP contribution in [0.1, 0.15) is 54.0 Å². The van der Waals surface area contributed by atoms with Crippen LogP contribution in [-0.2, 0) is 0 Å². The van der Waals surface area contributed by atoms with Gasteiger partial charge >= 0.3 is 0 Å². The molecule has 0 saturated carbocycles. The van der Waals surface area contributed by atoms with Crippen LogP contribution >= 0.6 is 23.2 Å². The number of aliphatic hydroxyl groups is 1. The van der Waals surface area contributed by atoms with Gasteiger partial charge in [-0.15, -0.1) is 0 Å². The second-order valence-electron chi connectivity index (χ2n) is 6.23. The first kappa shape index (κ1) is 20.8. The van der Waals surface area contributed by atoms with Crippen molar-refractivity contribution in [2.24, 2.45) is 5.73 Å². The summed E-state index contributed by atoms with van der Waals surface area (Å²) in [5, 5.41) is 11.6. The van der Waals surface area contributed by atoms with Gasteiger partial charge in [-0.05, 0) is 67.3 Å². The summed E-state index contributed by atoms with van der Waals surface area (Å²) in [6.07, 6.45) is 4.10. The Labute approximate surface area is 165 Å². The average Bonchev–Trinajstić information content (AvgIpc) is 2.69. The van der Waals surface area contributed by atoms with Crippen molar-refractivity contribution < 1.29 is 5.11 Å². The third-order valence-corrected chi connectivity index (χ3v) is 5.66. The lowest BCUT2D eigenvalue weighted by molar-refractivity contribution is 0.399. The summed E-state index contributed by atoms with van der Waals surface area (Å²) in [6.45, 7) is 1.96. The monoisotopic (exact) mass is 392 g/mol. The highest BCUT2D eigenvalue weighted by Gasteiger charge is 2.28. The first-order chi connectivity index (χ1) is 12.5. The molecule has 0 bridgehead atoms. The van der Waals surface area contributed by atoms with Gasteiger partial charge in [0.25, 0.3) is 0 Å². The van der Waals surface area contributed by atoms with Crippen molar-refractivity contribution in [3.63, 3.8) is 0 Å². The molecule has 1 aliphatic rings. The number of fused-ring (bicyclic) bond motifs is 1. The maximum Gasteiger partial charge on any atom is 0.0595 e. The van der Waals surface area contributed by atoms with Crippen LogP contribution < -0.4 is 11.1 Å². The van der Waals surface area contributed by atoms with Crippen molar-refractivity contribution in [2.75, 3.05) is 14.2 Å². The van der Waals surface area contributed by atoms with Crippen molar-refractivity contribution in [3.05, 3.63) is 74.8 Å². The molecule has 5 heteroatoms. The van der Waals surface area contributed by atoms with Crippen LogP contribution in [0.5, 0.6) is 0 Å². The molecule has 0 fully saturated rings. The fourth-order valence-electron chi connectivity index (χ4n) is 3.56. The standard InChI is InChI=1S/C20H22Cl2N2.CH4O/c1-3-19(23)13-4-6-15-14(7-9-20(24-2)16(15)10-13)12-5-8-17(21)18(22)11-12;1-2/h3-6,8,10-11,14,20,24H,7,9,23H2,1-2H3;2H,1H3/b19-3-;. The van der Waals surface area contributed by atoms with Gasteiger partial charge in [-0.25, -0.2) is 0 Å². The highest BCUT2D eigenvalue weighted by molar-refractivity contribution is 6.42. The predicted molar refractivity (Wildman–Crippen MR) is 112 cm³/mol. The lowest BCUT2D eigenvalue weighted by Crippen LogP contribution is -2.24. The van der Waals surface area contributed by atoms with E-state index >= 15 is 0 Å². The lowest BCUT2D eigenvalue weighted by atomic mass is 9.76. The van der Waals surface area contributed by atoms with Gasteiger partial charge in [0.2, 0.25) is 0 Å². The smallest absolute Gasteiger partial charge is 0.0595 e. The average molecular weight is 393 g/mol. The van der Waals surface area contributed by atoms with E-state index in [4.69, 9.17) is 34.0 Å². The summed E-state index contributed by atoms with van der Waals surface area (Å²) in [5.41, 5.74) is 11.9. The minimum Gasteiger partial charge on any atom is -0.400 e. The van der Waals surface area contributed by atoms with Crippen molar-refractivity contribution in [1.82, 2.24) is 5.32 Å². The van der Waals surface area contributed by atoms with E-state index in [1.165, 1.54) is 16.7 Å². The molecule has 26 heavy (non-hydrogen) atoms. The highest BCUT2D eigenvalue weighted by atomic mass is 35.5. The van der Waals surface area contributed by atoms with Crippen LogP contribution in [0.15, 0.2) is 42.5 Å². The van der Waals surface area contributed by atoms with Gasteiger partial charge < -0.3 is 16.2 Å². The molecule has 2 atom stereocenters. The molecule has 2 aromatic rings. The van der Waals surface area contributed by atoms with Crippen LogP contribution in [0.25, 0.3) is 5.70 Å². The van der Waals surface area contributed by atoms with Crippen LogP contribution in [0, 0.1) is 0 Å². The Hall–Kier alpha value is -1.52. The molecule has 4 N–H and O–H groups in total. The number of halogens is 2. The molecule has 0 heterocycles. The van der Waals surface area contributed by atoms with Crippen LogP contribution in [-0.4, -0.2) is 19.3 Å². The van der Waals surface area contributed by atoms with Gasteiger partial charge in [0.05, 0.1) is 10.0 Å². The van der Waals surface area contributed by atoms with E-state index in [0.29, 0.717) is 22.0 Å². The molecule has 0 amide bonds. The molecule has 0 saturated heterocycles. The highest BCUT2D eigenvalue weighted by Crippen LogP contribution is 2.42. The van der Waals surface area contributed by atoms with E-state index in [1.807, 2.05) is 32.2 Å². The van der Waals surface area contributed by atoms with E-state index in [2.05, 4.69) is 29.6 Å². The Morgan fingerprint density at radius 2 is 1.81 bits per heavy atom. The summed E-state index contributed by atoms with van der Waals surface area (Å²) in [5.74, 6) is 0.334. The fraction of sp³-hybridized carbons (Fsp3) is 0.333. The van der Waals surface area contributed by atoms with Gasteiger partial charge in [-0.3, -0.25) is 0 Å². The Bertz CT molecular complexity index is 790. The van der Waals surface area contributed by atoms with E-state index in [9.17, 15) is 0 Å². The Morgan fingerprint density at radius 3 is 2.42 bits per heavy atom. The molecule has 140 valence electrons. The number of nitrogens with two attached hydrogens (primary N) is 1. The van der Waals surface area contributed by atoms with E-state index in [-0.39, 0.29) is 0 Å². The molecule has 0 aliphatic heterocycles. The van der Waals surface area contributed by atoms with Crippen molar-refractivity contribution in [1.29, 1.82) is 0 Å². The number of benzene rings is 2. The van der Waals surface area contributed by atoms with Gasteiger partial charge in [0.1, 0.15) is 0 Å². The van der Waals surface area contributed by atoms with E-state index < -0.39 is 0 Å². The topological polar surface area (TPSA) is 58.3 Å². The Morgan fingerprint density at radius 1 is 1.08 bits per heavy atom. The number of allylic oxidation sites excluding steroid dienone is 1. The molecular weight excluding hydrogens is 367 g/mol. The van der Waals surface area contributed by atoms with Crippen molar-refractivity contribution in [3.8, 4) is 0 Å². The molecule has 2 unspecified atom stereocenters. The Kier molecular flexibility index (Phi) is 7.54. The van der Waals surface area contributed by atoms with Crippen LogP contribution in [0.4, 0.5) is 0 Å². The zero-order valence-corrected chi connectivity index (χ0v) is 16.9. The normalized spacial score (nSPS) is 19.4. The molecule has 1 aliphatic carbocycles. The Balaban J connectivity index is 0.00000117. The van der Waals surface area contributed by atoms with Crippen molar-refractivity contribution in [2.45, 2.75) is 31.7 Å². The van der Waals surface area contributed by atoms with Gasteiger partial charge in [-0.2, -0.15) is 0 Å².